The van der Waals surface area contributed by atoms with Crippen LogP contribution in [0.5, 0.6) is 0 Å². The molecule has 114 valence electrons. The number of carbonyl (C=O) groups is 1. The summed E-state index contributed by atoms with van der Waals surface area (Å²) in [5.41, 5.74) is 1.46. The first-order chi connectivity index (χ1) is 10.6. The molecule has 1 amide bonds. The van der Waals surface area contributed by atoms with Crippen LogP contribution in [0, 0.1) is 11.6 Å². The molecular formula is C16H14F2N2O2. The van der Waals surface area contributed by atoms with Gasteiger partial charge in [-0.2, -0.15) is 0 Å². The number of halogens is 2. The largest absolute Gasteiger partial charge is 0.394 e. The topological polar surface area (TPSA) is 53.4 Å². The molecule has 1 unspecified atom stereocenters. The zero-order valence-corrected chi connectivity index (χ0v) is 11.7. The van der Waals surface area contributed by atoms with Crippen molar-refractivity contribution in [2.24, 2.45) is 0 Å². The molecule has 0 saturated carbocycles. The van der Waals surface area contributed by atoms with Gasteiger partial charge in [0.2, 0.25) is 0 Å². The molecule has 1 N–H and O–H groups in total. The van der Waals surface area contributed by atoms with E-state index in [2.05, 4.69) is 4.98 Å². The number of amides is 1. The standard InChI is InChI=1S/C16H14F2N2O2/c17-11-7-13(18)15(19-8-11)16(22)20-6-5-10-3-1-2-4-12(10)14(20)9-21/h1-4,7-8,14,21H,5-6,9H2. The Morgan fingerprint density at radius 1 is 1.36 bits per heavy atom. The first-order valence-electron chi connectivity index (χ1n) is 6.92. The fourth-order valence-electron chi connectivity index (χ4n) is 2.80. The SMILES string of the molecule is O=C(c1ncc(F)cc1F)N1CCc2ccccc2C1CO. The molecule has 0 fully saturated rings. The van der Waals surface area contributed by atoms with Gasteiger partial charge in [0.1, 0.15) is 5.82 Å². The zero-order valence-electron chi connectivity index (χ0n) is 11.7. The van der Waals surface area contributed by atoms with Gasteiger partial charge in [0, 0.05) is 12.6 Å². The monoisotopic (exact) mass is 304 g/mol. The zero-order chi connectivity index (χ0) is 15.7. The maximum atomic E-state index is 13.8. The summed E-state index contributed by atoms with van der Waals surface area (Å²) in [6.45, 7) is 0.0745. The van der Waals surface area contributed by atoms with E-state index in [1.165, 1.54) is 4.90 Å². The van der Waals surface area contributed by atoms with Gasteiger partial charge in [-0.05, 0) is 17.5 Å². The maximum absolute atomic E-state index is 13.8. The number of benzene rings is 1. The van der Waals surface area contributed by atoms with Gasteiger partial charge in [-0.1, -0.05) is 24.3 Å². The molecule has 3 rings (SSSR count). The molecule has 0 radical (unpaired) electrons. The van der Waals surface area contributed by atoms with Crippen LogP contribution < -0.4 is 0 Å². The molecule has 0 saturated heterocycles. The second-order valence-corrected chi connectivity index (χ2v) is 5.13. The highest BCUT2D eigenvalue weighted by molar-refractivity contribution is 5.93. The minimum Gasteiger partial charge on any atom is -0.394 e. The van der Waals surface area contributed by atoms with E-state index < -0.39 is 29.3 Å². The van der Waals surface area contributed by atoms with Crippen LogP contribution in [0.4, 0.5) is 8.78 Å². The highest BCUT2D eigenvalue weighted by atomic mass is 19.1. The Kier molecular flexibility index (Phi) is 3.85. The summed E-state index contributed by atoms with van der Waals surface area (Å²) in [5.74, 6) is -2.48. The number of pyridine rings is 1. The molecule has 6 heteroatoms. The molecular weight excluding hydrogens is 290 g/mol. The molecule has 2 aromatic rings. The van der Waals surface area contributed by atoms with Gasteiger partial charge in [0.05, 0.1) is 18.8 Å². The Balaban J connectivity index is 1.96. The lowest BCUT2D eigenvalue weighted by atomic mass is 9.92. The molecule has 1 aromatic heterocycles. The lowest BCUT2D eigenvalue weighted by Crippen LogP contribution is -2.42. The van der Waals surface area contributed by atoms with Gasteiger partial charge in [0.15, 0.2) is 11.5 Å². The lowest BCUT2D eigenvalue weighted by molar-refractivity contribution is 0.0557. The maximum Gasteiger partial charge on any atom is 0.276 e. The van der Waals surface area contributed by atoms with Gasteiger partial charge >= 0.3 is 0 Å². The molecule has 0 bridgehead atoms. The molecule has 1 aromatic carbocycles. The van der Waals surface area contributed by atoms with E-state index in [1.807, 2.05) is 24.3 Å². The van der Waals surface area contributed by atoms with Crippen molar-refractivity contribution < 1.29 is 18.7 Å². The number of hydrogen-bond acceptors (Lipinski definition) is 3. The van der Waals surface area contributed by atoms with Gasteiger partial charge in [-0.3, -0.25) is 4.79 Å². The molecule has 22 heavy (non-hydrogen) atoms. The summed E-state index contributed by atoms with van der Waals surface area (Å²) in [4.78, 5) is 17.4. The van der Waals surface area contributed by atoms with Gasteiger partial charge < -0.3 is 10.0 Å². The number of fused-ring (bicyclic) bond motifs is 1. The highest BCUT2D eigenvalue weighted by Crippen LogP contribution is 2.30. The molecule has 2 heterocycles. The van der Waals surface area contributed by atoms with Crippen molar-refractivity contribution in [3.8, 4) is 0 Å². The molecule has 0 aliphatic carbocycles. The fourth-order valence-corrected chi connectivity index (χ4v) is 2.80. The van der Waals surface area contributed by atoms with Crippen LogP contribution in [0.2, 0.25) is 0 Å². The van der Waals surface area contributed by atoms with E-state index in [1.54, 1.807) is 0 Å². The smallest absolute Gasteiger partial charge is 0.276 e. The van der Waals surface area contributed by atoms with Crippen LogP contribution in [0.1, 0.15) is 27.7 Å². The van der Waals surface area contributed by atoms with Crippen molar-refractivity contribution in [1.82, 2.24) is 9.88 Å². The van der Waals surface area contributed by atoms with Crippen molar-refractivity contribution >= 4 is 5.91 Å². The summed E-state index contributed by atoms with van der Waals surface area (Å²) in [6.07, 6.45) is 1.42. The Morgan fingerprint density at radius 2 is 2.14 bits per heavy atom. The number of rotatable bonds is 2. The average Bonchev–Trinajstić information content (AvgIpc) is 2.53. The lowest BCUT2D eigenvalue weighted by Gasteiger charge is -2.36. The summed E-state index contributed by atoms with van der Waals surface area (Å²) < 4.78 is 26.7. The van der Waals surface area contributed by atoms with E-state index >= 15 is 0 Å². The van der Waals surface area contributed by atoms with Crippen LogP contribution in [-0.4, -0.2) is 34.0 Å². The minimum atomic E-state index is -0.999. The number of aliphatic hydroxyl groups is 1. The number of aromatic nitrogens is 1. The second-order valence-electron chi connectivity index (χ2n) is 5.13. The van der Waals surface area contributed by atoms with Crippen LogP contribution in [0.25, 0.3) is 0 Å². The molecule has 1 atom stereocenters. The van der Waals surface area contributed by atoms with Crippen LogP contribution in [-0.2, 0) is 6.42 Å². The average molecular weight is 304 g/mol. The van der Waals surface area contributed by atoms with Crippen LogP contribution >= 0.6 is 0 Å². The van der Waals surface area contributed by atoms with Crippen LogP contribution in [0.3, 0.4) is 0 Å². The van der Waals surface area contributed by atoms with Gasteiger partial charge in [0.25, 0.3) is 5.91 Å². The summed E-state index contributed by atoms with van der Waals surface area (Å²) >= 11 is 0. The predicted octanol–water partition coefficient (Wildman–Crippen LogP) is 2.09. The van der Waals surface area contributed by atoms with Crippen molar-refractivity contribution in [3.05, 3.63) is 65.0 Å². The van der Waals surface area contributed by atoms with Crippen molar-refractivity contribution in [2.75, 3.05) is 13.2 Å². The Labute approximate surface area is 126 Å². The minimum absolute atomic E-state index is 0.272. The summed E-state index contributed by atoms with van der Waals surface area (Å²) in [7, 11) is 0. The van der Waals surface area contributed by atoms with E-state index in [0.717, 1.165) is 17.3 Å². The van der Waals surface area contributed by atoms with Crippen LogP contribution in [0.15, 0.2) is 36.5 Å². The Bertz CT molecular complexity index is 721. The van der Waals surface area contributed by atoms with Crippen molar-refractivity contribution in [2.45, 2.75) is 12.5 Å². The number of nitrogens with zero attached hydrogens (tertiary/aromatic N) is 2. The molecule has 1 aliphatic heterocycles. The molecule has 4 nitrogen and oxygen atoms in total. The number of hydrogen-bond donors (Lipinski definition) is 1. The second kappa shape index (κ2) is 5.81. The fraction of sp³-hybridized carbons (Fsp3) is 0.250. The first-order valence-corrected chi connectivity index (χ1v) is 6.92. The third-order valence-electron chi connectivity index (χ3n) is 3.86. The van der Waals surface area contributed by atoms with Gasteiger partial charge in [-0.15, -0.1) is 0 Å². The molecule has 0 spiro atoms. The van der Waals surface area contributed by atoms with E-state index in [4.69, 9.17) is 0 Å². The highest BCUT2D eigenvalue weighted by Gasteiger charge is 2.32. The molecule has 1 aliphatic rings. The van der Waals surface area contributed by atoms with E-state index in [0.29, 0.717) is 19.0 Å². The predicted molar refractivity (Wildman–Crippen MR) is 75.2 cm³/mol. The Morgan fingerprint density at radius 3 is 2.86 bits per heavy atom. The third kappa shape index (κ3) is 2.46. The van der Waals surface area contributed by atoms with Crippen molar-refractivity contribution in [3.63, 3.8) is 0 Å². The first kappa shape index (κ1) is 14.6. The van der Waals surface area contributed by atoms with E-state index in [9.17, 15) is 18.7 Å². The summed E-state index contributed by atoms with van der Waals surface area (Å²) in [6, 6.07) is 7.58. The van der Waals surface area contributed by atoms with E-state index in [-0.39, 0.29) is 6.61 Å². The Hall–Kier alpha value is -2.34. The summed E-state index contributed by atoms with van der Waals surface area (Å²) in [5, 5.41) is 9.65. The third-order valence-corrected chi connectivity index (χ3v) is 3.86. The normalized spacial score (nSPS) is 17.2. The van der Waals surface area contributed by atoms with Gasteiger partial charge in [-0.25, -0.2) is 13.8 Å². The quantitative estimate of drug-likeness (QED) is 0.924. The van der Waals surface area contributed by atoms with Crippen molar-refractivity contribution in [1.29, 1.82) is 0 Å². The number of aliphatic hydroxyl groups excluding tert-OH is 1. The number of carbonyl (C=O) groups excluding carboxylic acids is 1.